The molecule has 1 fully saturated rings. The van der Waals surface area contributed by atoms with Crippen LogP contribution in [-0.2, 0) is 10.0 Å². The normalized spacial score (nSPS) is 19.5. The van der Waals surface area contributed by atoms with E-state index < -0.39 is 10.0 Å². The summed E-state index contributed by atoms with van der Waals surface area (Å²) in [6, 6.07) is 4.24. The van der Waals surface area contributed by atoms with Gasteiger partial charge in [-0.3, -0.25) is 9.59 Å². The highest BCUT2D eigenvalue weighted by atomic mass is 32.2. The predicted molar refractivity (Wildman–Crippen MR) is 78.6 cm³/mol. The van der Waals surface area contributed by atoms with Crippen LogP contribution in [0.3, 0.4) is 0 Å². The third-order valence-corrected chi connectivity index (χ3v) is 4.16. The minimum Gasteiger partial charge on any atom is -0.333 e. The second-order valence-electron chi connectivity index (χ2n) is 5.20. The fraction of sp³-hybridized carbons (Fsp3) is 0.538. The Morgan fingerprint density at radius 2 is 2.19 bits per heavy atom. The molecule has 1 aromatic rings. The van der Waals surface area contributed by atoms with Crippen molar-refractivity contribution in [1.29, 1.82) is 0 Å². The van der Waals surface area contributed by atoms with E-state index in [2.05, 4.69) is 9.71 Å². The molecule has 0 spiro atoms. The molecular formula is C13H19N3O4S. The lowest BCUT2D eigenvalue weighted by molar-refractivity contribution is 0.0612. The molecule has 0 bridgehead atoms. The van der Waals surface area contributed by atoms with Crippen molar-refractivity contribution in [2.24, 2.45) is 0 Å². The average Bonchev–Trinajstić information content (AvgIpc) is 2.44. The maximum Gasteiger partial charge on any atom is 0.270 e. The van der Waals surface area contributed by atoms with Gasteiger partial charge in [-0.25, -0.2) is 13.1 Å². The lowest BCUT2D eigenvalue weighted by atomic mass is 10.0. The molecule has 1 aliphatic rings. The average molecular weight is 313 g/mol. The van der Waals surface area contributed by atoms with Crippen LogP contribution in [0.2, 0.25) is 0 Å². The number of likely N-dealkylation sites (tertiary alicyclic amines) is 1. The van der Waals surface area contributed by atoms with E-state index in [4.69, 9.17) is 0 Å². The standard InChI is InChI=1S/C13H19N3O4S/c1-21(19,20)14-9-10-5-2-3-8-16(10)13(18)11-6-4-7-12(17)15-11/h4,6-7,10,14H,2-3,5,8-9H2,1H3,(H,15,17). The van der Waals surface area contributed by atoms with Gasteiger partial charge in [-0.2, -0.15) is 0 Å². The molecule has 1 aliphatic heterocycles. The van der Waals surface area contributed by atoms with Crippen molar-refractivity contribution in [2.75, 3.05) is 19.3 Å². The maximum absolute atomic E-state index is 12.5. The summed E-state index contributed by atoms with van der Waals surface area (Å²) in [5, 5.41) is 0. The molecule has 0 aliphatic carbocycles. The molecule has 1 amide bonds. The van der Waals surface area contributed by atoms with Crippen molar-refractivity contribution in [1.82, 2.24) is 14.6 Å². The SMILES string of the molecule is CS(=O)(=O)NCC1CCCCN1C(=O)c1cccc(=O)[nH]1. The number of amides is 1. The minimum absolute atomic E-state index is 0.190. The molecule has 1 unspecified atom stereocenters. The van der Waals surface area contributed by atoms with E-state index in [9.17, 15) is 18.0 Å². The molecule has 2 rings (SSSR count). The maximum atomic E-state index is 12.5. The van der Waals surface area contributed by atoms with E-state index >= 15 is 0 Å². The smallest absolute Gasteiger partial charge is 0.270 e. The number of nitrogens with one attached hydrogen (secondary N) is 2. The van der Waals surface area contributed by atoms with Gasteiger partial charge in [-0.1, -0.05) is 6.07 Å². The van der Waals surface area contributed by atoms with E-state index in [1.54, 1.807) is 11.0 Å². The van der Waals surface area contributed by atoms with Crippen LogP contribution < -0.4 is 10.3 Å². The molecular weight excluding hydrogens is 294 g/mol. The number of aromatic nitrogens is 1. The molecule has 2 N–H and O–H groups in total. The molecule has 21 heavy (non-hydrogen) atoms. The topological polar surface area (TPSA) is 99.3 Å². The Morgan fingerprint density at radius 1 is 1.43 bits per heavy atom. The first-order valence-corrected chi connectivity index (χ1v) is 8.71. The van der Waals surface area contributed by atoms with Gasteiger partial charge >= 0.3 is 0 Å². The largest absolute Gasteiger partial charge is 0.333 e. The number of rotatable bonds is 4. The number of carbonyl (C=O) groups excluding carboxylic acids is 1. The van der Waals surface area contributed by atoms with Gasteiger partial charge in [0.2, 0.25) is 15.6 Å². The molecule has 0 saturated carbocycles. The van der Waals surface area contributed by atoms with Crippen LogP contribution in [-0.4, -0.2) is 49.6 Å². The molecule has 2 heterocycles. The number of sulfonamides is 1. The molecule has 1 aromatic heterocycles. The van der Waals surface area contributed by atoms with Crippen molar-refractivity contribution in [2.45, 2.75) is 25.3 Å². The van der Waals surface area contributed by atoms with Crippen LogP contribution in [0.5, 0.6) is 0 Å². The fourth-order valence-electron chi connectivity index (χ4n) is 2.45. The number of H-pyrrole nitrogens is 1. The summed E-state index contributed by atoms with van der Waals surface area (Å²) in [5.41, 5.74) is -0.0996. The third kappa shape index (κ3) is 4.40. The Labute approximate surface area is 123 Å². The highest BCUT2D eigenvalue weighted by molar-refractivity contribution is 7.88. The van der Waals surface area contributed by atoms with Gasteiger partial charge in [-0.05, 0) is 25.3 Å². The monoisotopic (exact) mass is 313 g/mol. The Balaban J connectivity index is 2.14. The Morgan fingerprint density at radius 3 is 2.86 bits per heavy atom. The number of pyridine rings is 1. The van der Waals surface area contributed by atoms with Crippen LogP contribution in [0.15, 0.2) is 23.0 Å². The van der Waals surface area contributed by atoms with Crippen LogP contribution >= 0.6 is 0 Å². The number of hydrogen-bond donors (Lipinski definition) is 2. The quantitative estimate of drug-likeness (QED) is 0.812. The fourth-order valence-corrected chi connectivity index (χ4v) is 2.95. The first-order valence-electron chi connectivity index (χ1n) is 6.82. The highest BCUT2D eigenvalue weighted by Gasteiger charge is 2.28. The second-order valence-corrected chi connectivity index (χ2v) is 7.03. The van der Waals surface area contributed by atoms with Crippen molar-refractivity contribution in [3.63, 3.8) is 0 Å². The summed E-state index contributed by atoms with van der Waals surface area (Å²) < 4.78 is 24.9. The molecule has 7 nitrogen and oxygen atoms in total. The lowest BCUT2D eigenvalue weighted by Crippen LogP contribution is -2.49. The molecule has 1 atom stereocenters. The molecule has 1 saturated heterocycles. The molecule has 8 heteroatoms. The minimum atomic E-state index is -3.29. The molecule has 0 aromatic carbocycles. The Bertz CT molecular complexity index is 668. The highest BCUT2D eigenvalue weighted by Crippen LogP contribution is 2.18. The van der Waals surface area contributed by atoms with Gasteiger partial charge in [0.15, 0.2) is 0 Å². The number of piperidine rings is 1. The zero-order valence-electron chi connectivity index (χ0n) is 11.8. The zero-order chi connectivity index (χ0) is 15.5. The van der Waals surface area contributed by atoms with Gasteiger partial charge in [-0.15, -0.1) is 0 Å². The number of carbonyl (C=O) groups is 1. The Kier molecular flexibility index (Phi) is 4.79. The summed E-state index contributed by atoms with van der Waals surface area (Å²) in [6.07, 6.45) is 3.66. The summed E-state index contributed by atoms with van der Waals surface area (Å²) >= 11 is 0. The van der Waals surface area contributed by atoms with E-state index in [0.29, 0.717) is 6.54 Å². The first-order chi connectivity index (χ1) is 9.87. The summed E-state index contributed by atoms with van der Waals surface area (Å²) in [6.45, 7) is 0.757. The van der Waals surface area contributed by atoms with Gasteiger partial charge in [0, 0.05) is 25.2 Å². The van der Waals surface area contributed by atoms with E-state index in [1.165, 1.54) is 12.1 Å². The second kappa shape index (κ2) is 6.40. The van der Waals surface area contributed by atoms with E-state index in [-0.39, 0.29) is 29.7 Å². The molecule has 0 radical (unpaired) electrons. The van der Waals surface area contributed by atoms with Crippen LogP contribution in [0.25, 0.3) is 0 Å². The predicted octanol–water partition coefficient (Wildman–Crippen LogP) is -0.0812. The number of aromatic amines is 1. The Hall–Kier alpha value is -1.67. The van der Waals surface area contributed by atoms with Crippen molar-refractivity contribution < 1.29 is 13.2 Å². The zero-order valence-corrected chi connectivity index (χ0v) is 12.6. The van der Waals surface area contributed by atoms with Crippen molar-refractivity contribution >= 4 is 15.9 Å². The summed E-state index contributed by atoms with van der Waals surface area (Å²) in [5.74, 6) is -0.271. The molecule has 116 valence electrons. The first kappa shape index (κ1) is 15.7. The van der Waals surface area contributed by atoms with Gasteiger partial charge in [0.25, 0.3) is 5.91 Å². The van der Waals surface area contributed by atoms with Gasteiger partial charge in [0.1, 0.15) is 5.69 Å². The summed E-state index contributed by atoms with van der Waals surface area (Å²) in [7, 11) is -3.29. The van der Waals surface area contributed by atoms with Crippen LogP contribution in [0, 0.1) is 0 Å². The van der Waals surface area contributed by atoms with Crippen molar-refractivity contribution in [3.8, 4) is 0 Å². The van der Waals surface area contributed by atoms with E-state index in [1.807, 2.05) is 0 Å². The summed E-state index contributed by atoms with van der Waals surface area (Å²) in [4.78, 5) is 27.9. The van der Waals surface area contributed by atoms with Gasteiger partial charge < -0.3 is 9.88 Å². The van der Waals surface area contributed by atoms with Crippen LogP contribution in [0.1, 0.15) is 29.8 Å². The van der Waals surface area contributed by atoms with E-state index in [0.717, 1.165) is 25.5 Å². The number of hydrogen-bond acceptors (Lipinski definition) is 4. The lowest BCUT2D eigenvalue weighted by Gasteiger charge is -2.35. The number of nitrogens with zero attached hydrogens (tertiary/aromatic N) is 1. The third-order valence-electron chi connectivity index (χ3n) is 3.47. The van der Waals surface area contributed by atoms with Gasteiger partial charge in [0.05, 0.1) is 6.26 Å². The van der Waals surface area contributed by atoms with Crippen LogP contribution in [0.4, 0.5) is 0 Å². The van der Waals surface area contributed by atoms with Crippen molar-refractivity contribution in [3.05, 3.63) is 34.2 Å².